The largest absolute Gasteiger partial charge is 0.479 e. The fourth-order valence-electron chi connectivity index (χ4n) is 0.316. The van der Waals surface area contributed by atoms with Gasteiger partial charge in [0.1, 0.15) is 0 Å². The van der Waals surface area contributed by atoms with Crippen molar-refractivity contribution in [2.75, 3.05) is 6.54 Å². The minimum Gasteiger partial charge on any atom is -0.479 e. The predicted octanol–water partition coefficient (Wildman–Crippen LogP) is -1.25. The third-order valence-corrected chi connectivity index (χ3v) is 0.793. The van der Waals surface area contributed by atoms with Crippen LogP contribution < -0.4 is 11.5 Å². The van der Waals surface area contributed by atoms with Crippen LogP contribution >= 0.6 is 0 Å². The summed E-state index contributed by atoms with van der Waals surface area (Å²) in [5.41, 5.74) is 10.1. The normalized spacial score (nSPS) is 11.4. The fraction of sp³-hybridized carbons (Fsp3) is 0.500. The summed E-state index contributed by atoms with van der Waals surface area (Å²) in [5, 5.41) is 8.22. The van der Waals surface area contributed by atoms with Crippen molar-refractivity contribution in [2.24, 2.45) is 11.5 Å². The maximum atomic E-state index is 10.0. The quantitative estimate of drug-likeness (QED) is 0.420. The molecular weight excluding hydrogens is 132 g/mol. The molecule has 0 aliphatic heterocycles. The van der Waals surface area contributed by atoms with Gasteiger partial charge in [0.2, 0.25) is 0 Å². The lowest BCUT2D eigenvalue weighted by molar-refractivity contribution is -0.137. The van der Waals surface area contributed by atoms with Crippen LogP contribution in [-0.2, 0) is 4.79 Å². The summed E-state index contributed by atoms with van der Waals surface area (Å²) in [6.07, 6.45) is 0.487. The van der Waals surface area contributed by atoms with E-state index in [2.05, 4.69) is 11.8 Å². The number of hydrogen-bond donors (Lipinski definition) is 3. The van der Waals surface area contributed by atoms with Crippen molar-refractivity contribution < 1.29 is 9.90 Å². The minimum atomic E-state index is -1.11. The molecule has 0 saturated heterocycles. The summed E-state index contributed by atoms with van der Waals surface area (Å²) in [6, 6.07) is -1.08. The molecule has 10 heavy (non-hydrogen) atoms. The van der Waals surface area contributed by atoms with Crippen molar-refractivity contribution in [3.8, 4) is 11.8 Å². The monoisotopic (exact) mass is 142 g/mol. The Morgan fingerprint density at radius 1 is 1.70 bits per heavy atom. The molecule has 0 bridgehead atoms. The van der Waals surface area contributed by atoms with E-state index in [-0.39, 0.29) is 0 Å². The van der Waals surface area contributed by atoms with E-state index in [0.29, 0.717) is 13.0 Å². The maximum Gasteiger partial charge on any atom is 0.333 e. The number of aliphatic carboxylic acids is 1. The third kappa shape index (κ3) is 3.89. The SMILES string of the molecule is NCCC#CC(N)C(=O)O. The Balaban J connectivity index is 3.68. The van der Waals surface area contributed by atoms with Crippen LogP contribution in [0.1, 0.15) is 6.42 Å². The molecule has 0 rings (SSSR count). The van der Waals surface area contributed by atoms with Gasteiger partial charge in [-0.15, -0.1) is 0 Å². The Morgan fingerprint density at radius 3 is 2.70 bits per heavy atom. The third-order valence-electron chi connectivity index (χ3n) is 0.793. The van der Waals surface area contributed by atoms with E-state index in [9.17, 15) is 4.79 Å². The first-order chi connectivity index (χ1) is 4.68. The van der Waals surface area contributed by atoms with Crippen LogP contribution in [0.25, 0.3) is 0 Å². The molecular formula is C6H10N2O2. The van der Waals surface area contributed by atoms with Crippen LogP contribution in [-0.4, -0.2) is 23.7 Å². The van der Waals surface area contributed by atoms with Crippen LogP contribution in [0.2, 0.25) is 0 Å². The number of carboxylic acid groups (broad SMARTS) is 1. The highest BCUT2D eigenvalue weighted by atomic mass is 16.4. The van der Waals surface area contributed by atoms with E-state index in [0.717, 1.165) is 0 Å². The molecule has 0 aromatic heterocycles. The van der Waals surface area contributed by atoms with Crippen molar-refractivity contribution in [3.05, 3.63) is 0 Å². The van der Waals surface area contributed by atoms with Gasteiger partial charge in [0, 0.05) is 13.0 Å². The van der Waals surface area contributed by atoms with Crippen LogP contribution in [0.15, 0.2) is 0 Å². The standard InChI is InChI=1S/C6H10N2O2/c7-4-2-1-3-5(8)6(9)10/h5H,2,4,7-8H2,(H,9,10). The molecule has 56 valence electrons. The molecule has 0 aliphatic rings. The van der Waals surface area contributed by atoms with Gasteiger partial charge < -0.3 is 16.6 Å². The molecule has 0 heterocycles. The molecule has 5 N–H and O–H groups in total. The van der Waals surface area contributed by atoms with E-state index >= 15 is 0 Å². The van der Waals surface area contributed by atoms with Gasteiger partial charge >= 0.3 is 5.97 Å². The smallest absolute Gasteiger partial charge is 0.333 e. The van der Waals surface area contributed by atoms with Crippen molar-refractivity contribution >= 4 is 5.97 Å². The molecule has 1 unspecified atom stereocenters. The Bertz CT molecular complexity index is 168. The number of rotatable bonds is 2. The first-order valence-electron chi connectivity index (χ1n) is 2.85. The summed E-state index contributed by atoms with van der Waals surface area (Å²) in [6.45, 7) is 0.430. The highest BCUT2D eigenvalue weighted by Gasteiger charge is 2.04. The molecule has 4 heteroatoms. The van der Waals surface area contributed by atoms with Gasteiger partial charge in [-0.25, -0.2) is 4.79 Å². The molecule has 0 radical (unpaired) electrons. The molecule has 0 aromatic carbocycles. The Kier molecular flexibility index (Phi) is 4.29. The van der Waals surface area contributed by atoms with E-state index < -0.39 is 12.0 Å². The lowest BCUT2D eigenvalue weighted by atomic mass is 10.3. The average Bonchev–Trinajstić information content (AvgIpc) is 1.88. The summed E-state index contributed by atoms with van der Waals surface area (Å²) >= 11 is 0. The molecule has 0 aromatic rings. The number of nitrogens with two attached hydrogens (primary N) is 2. The van der Waals surface area contributed by atoms with Crippen molar-refractivity contribution in [1.82, 2.24) is 0 Å². The van der Waals surface area contributed by atoms with E-state index in [1.165, 1.54) is 0 Å². The van der Waals surface area contributed by atoms with E-state index in [1.807, 2.05) is 0 Å². The zero-order chi connectivity index (χ0) is 7.98. The highest BCUT2D eigenvalue weighted by molar-refractivity contribution is 5.76. The summed E-state index contributed by atoms with van der Waals surface area (Å²) < 4.78 is 0. The first-order valence-corrected chi connectivity index (χ1v) is 2.85. The Hall–Kier alpha value is -1.05. The molecule has 0 saturated carbocycles. The van der Waals surface area contributed by atoms with Gasteiger partial charge in [0.15, 0.2) is 6.04 Å². The Morgan fingerprint density at radius 2 is 2.30 bits per heavy atom. The van der Waals surface area contributed by atoms with E-state index in [4.69, 9.17) is 16.6 Å². The number of hydrogen-bond acceptors (Lipinski definition) is 3. The van der Waals surface area contributed by atoms with Crippen LogP contribution in [0.5, 0.6) is 0 Å². The Labute approximate surface area is 59.2 Å². The zero-order valence-electron chi connectivity index (χ0n) is 5.50. The molecule has 0 aliphatic carbocycles. The van der Waals surface area contributed by atoms with Gasteiger partial charge in [0.05, 0.1) is 0 Å². The van der Waals surface area contributed by atoms with Crippen LogP contribution in [0.4, 0.5) is 0 Å². The van der Waals surface area contributed by atoms with Gasteiger partial charge in [-0.1, -0.05) is 11.8 Å². The first kappa shape index (κ1) is 8.95. The topological polar surface area (TPSA) is 89.3 Å². The average molecular weight is 142 g/mol. The summed E-state index contributed by atoms with van der Waals surface area (Å²) in [7, 11) is 0. The van der Waals surface area contributed by atoms with Crippen molar-refractivity contribution in [3.63, 3.8) is 0 Å². The molecule has 0 spiro atoms. The lowest BCUT2D eigenvalue weighted by Gasteiger charge is -1.92. The zero-order valence-corrected chi connectivity index (χ0v) is 5.50. The summed E-state index contributed by atoms with van der Waals surface area (Å²) in [4.78, 5) is 10.0. The second kappa shape index (κ2) is 4.79. The van der Waals surface area contributed by atoms with Gasteiger partial charge in [0.25, 0.3) is 0 Å². The van der Waals surface area contributed by atoms with Crippen molar-refractivity contribution in [2.45, 2.75) is 12.5 Å². The second-order valence-corrected chi connectivity index (χ2v) is 1.68. The lowest BCUT2D eigenvalue weighted by Crippen LogP contribution is -2.28. The van der Waals surface area contributed by atoms with Gasteiger partial charge in [-0.05, 0) is 0 Å². The fourth-order valence-corrected chi connectivity index (χ4v) is 0.316. The highest BCUT2D eigenvalue weighted by Crippen LogP contribution is 1.75. The van der Waals surface area contributed by atoms with E-state index in [1.54, 1.807) is 0 Å². The number of carbonyl (C=O) groups is 1. The minimum absolute atomic E-state index is 0.430. The van der Waals surface area contributed by atoms with Gasteiger partial charge in [-0.3, -0.25) is 0 Å². The number of carboxylic acids is 1. The van der Waals surface area contributed by atoms with Crippen LogP contribution in [0.3, 0.4) is 0 Å². The second-order valence-electron chi connectivity index (χ2n) is 1.68. The van der Waals surface area contributed by atoms with Crippen LogP contribution in [0, 0.1) is 11.8 Å². The van der Waals surface area contributed by atoms with Gasteiger partial charge in [-0.2, -0.15) is 0 Å². The molecule has 4 nitrogen and oxygen atoms in total. The van der Waals surface area contributed by atoms with Crippen molar-refractivity contribution in [1.29, 1.82) is 0 Å². The molecule has 0 amide bonds. The summed E-state index contributed by atoms with van der Waals surface area (Å²) in [5.74, 6) is 3.76. The predicted molar refractivity (Wildman–Crippen MR) is 37.1 cm³/mol. The molecule has 0 fully saturated rings. The molecule has 1 atom stereocenters. The maximum absolute atomic E-state index is 10.0.